The fourth-order valence-electron chi connectivity index (χ4n) is 2.79. The van der Waals surface area contributed by atoms with Gasteiger partial charge in [0.25, 0.3) is 0 Å². The fraction of sp³-hybridized carbons (Fsp3) is 0.200. The van der Waals surface area contributed by atoms with E-state index in [-0.39, 0.29) is 0 Å². The molecule has 2 aromatic carbocycles. The van der Waals surface area contributed by atoms with E-state index in [1.807, 2.05) is 67.1 Å². The summed E-state index contributed by atoms with van der Waals surface area (Å²) in [7, 11) is 0. The Kier molecular flexibility index (Phi) is 5.69. The van der Waals surface area contributed by atoms with Crippen LogP contribution in [0.5, 0.6) is 11.8 Å². The van der Waals surface area contributed by atoms with Crippen LogP contribution in [-0.2, 0) is 13.1 Å². The topological polar surface area (TPSA) is 82.7 Å². The van der Waals surface area contributed by atoms with Gasteiger partial charge in [-0.15, -0.1) is 0 Å². The summed E-state index contributed by atoms with van der Waals surface area (Å²) in [5.74, 6) is 0.691. The molecular formula is C20H21N7O. The van der Waals surface area contributed by atoms with Crippen molar-refractivity contribution in [2.45, 2.75) is 19.5 Å². The third-order valence-electron chi connectivity index (χ3n) is 4.23. The van der Waals surface area contributed by atoms with E-state index in [4.69, 9.17) is 4.74 Å². The average molecular weight is 375 g/mol. The van der Waals surface area contributed by atoms with Gasteiger partial charge in [0.2, 0.25) is 0 Å². The molecule has 0 aliphatic carbocycles. The summed E-state index contributed by atoms with van der Waals surface area (Å²) in [5.41, 5.74) is 2.04. The molecule has 0 bridgehead atoms. The summed E-state index contributed by atoms with van der Waals surface area (Å²) >= 11 is 0. The zero-order valence-electron chi connectivity index (χ0n) is 15.3. The number of hydrogen-bond acceptors (Lipinski definition) is 6. The average Bonchev–Trinajstić information content (AvgIpc) is 3.42. The van der Waals surface area contributed by atoms with E-state index in [9.17, 15) is 0 Å². The number of aromatic nitrogens is 6. The van der Waals surface area contributed by atoms with Gasteiger partial charge in [0.15, 0.2) is 0 Å². The van der Waals surface area contributed by atoms with E-state index < -0.39 is 0 Å². The van der Waals surface area contributed by atoms with Crippen molar-refractivity contribution in [2.24, 2.45) is 0 Å². The van der Waals surface area contributed by atoms with Crippen molar-refractivity contribution in [3.63, 3.8) is 0 Å². The second kappa shape index (κ2) is 8.92. The van der Waals surface area contributed by atoms with Crippen LogP contribution >= 0.6 is 0 Å². The van der Waals surface area contributed by atoms with Crippen molar-refractivity contribution < 1.29 is 4.74 Å². The standard InChI is InChI=1S/C20H21N7O/c1-2-5-18(6-3-1)27-20(23-24-25-27)28-19-9-7-17(8-10-19)15-21-11-4-13-26-14-12-22-16-26/h1-3,5-10,12,14,16,21H,4,11,13,15H2. The quantitative estimate of drug-likeness (QED) is 0.453. The molecule has 8 heteroatoms. The Labute approximate surface area is 162 Å². The molecule has 0 amide bonds. The van der Waals surface area contributed by atoms with Crippen LogP contribution in [0.1, 0.15) is 12.0 Å². The van der Waals surface area contributed by atoms with Crippen molar-refractivity contribution in [1.29, 1.82) is 0 Å². The third-order valence-corrected chi connectivity index (χ3v) is 4.23. The van der Waals surface area contributed by atoms with Gasteiger partial charge in [0.05, 0.1) is 12.0 Å². The molecule has 0 saturated heterocycles. The van der Waals surface area contributed by atoms with Gasteiger partial charge in [-0.05, 0) is 53.2 Å². The highest BCUT2D eigenvalue weighted by Gasteiger charge is 2.10. The molecule has 0 saturated carbocycles. The highest BCUT2D eigenvalue weighted by Crippen LogP contribution is 2.21. The monoisotopic (exact) mass is 375 g/mol. The van der Waals surface area contributed by atoms with Crippen LogP contribution in [-0.4, -0.2) is 36.3 Å². The molecule has 0 atom stereocenters. The molecule has 1 N–H and O–H groups in total. The summed E-state index contributed by atoms with van der Waals surface area (Å²) in [6, 6.07) is 17.9. The molecular weight excluding hydrogens is 354 g/mol. The van der Waals surface area contributed by atoms with E-state index in [2.05, 4.69) is 30.4 Å². The maximum atomic E-state index is 5.84. The number of nitrogens with one attached hydrogen (secondary N) is 1. The van der Waals surface area contributed by atoms with Crippen LogP contribution in [0.25, 0.3) is 5.69 Å². The lowest BCUT2D eigenvalue weighted by molar-refractivity contribution is 0.427. The van der Waals surface area contributed by atoms with Crippen LogP contribution < -0.4 is 10.1 Å². The number of ether oxygens (including phenoxy) is 1. The van der Waals surface area contributed by atoms with Gasteiger partial charge in [-0.1, -0.05) is 35.4 Å². The van der Waals surface area contributed by atoms with Gasteiger partial charge in [0.1, 0.15) is 5.75 Å². The number of imidazole rings is 1. The largest absolute Gasteiger partial charge is 0.423 e. The Morgan fingerprint density at radius 1 is 1.00 bits per heavy atom. The summed E-state index contributed by atoms with van der Waals surface area (Å²) in [6.45, 7) is 2.73. The van der Waals surface area contributed by atoms with E-state index in [1.165, 1.54) is 5.56 Å². The van der Waals surface area contributed by atoms with Crippen molar-refractivity contribution in [3.05, 3.63) is 78.9 Å². The Morgan fingerprint density at radius 2 is 1.86 bits per heavy atom. The summed E-state index contributed by atoms with van der Waals surface area (Å²) in [5, 5.41) is 15.1. The first-order valence-corrected chi connectivity index (χ1v) is 9.15. The maximum absolute atomic E-state index is 5.84. The molecule has 4 aromatic rings. The van der Waals surface area contributed by atoms with Gasteiger partial charge in [-0.25, -0.2) is 4.98 Å². The Bertz CT molecular complexity index is 965. The van der Waals surface area contributed by atoms with Crippen molar-refractivity contribution in [1.82, 2.24) is 35.1 Å². The Balaban J connectivity index is 1.28. The second-order valence-electron chi connectivity index (χ2n) is 6.29. The third kappa shape index (κ3) is 4.60. The molecule has 28 heavy (non-hydrogen) atoms. The molecule has 2 aromatic heterocycles. The Morgan fingerprint density at radius 3 is 2.64 bits per heavy atom. The molecule has 142 valence electrons. The summed E-state index contributed by atoms with van der Waals surface area (Å²) in [6.07, 6.45) is 6.68. The van der Waals surface area contributed by atoms with Gasteiger partial charge in [-0.2, -0.15) is 4.68 Å². The highest BCUT2D eigenvalue weighted by molar-refractivity contribution is 5.34. The molecule has 0 spiro atoms. The fourth-order valence-corrected chi connectivity index (χ4v) is 2.79. The van der Waals surface area contributed by atoms with Crippen LogP contribution in [0.15, 0.2) is 73.3 Å². The van der Waals surface area contributed by atoms with E-state index >= 15 is 0 Å². The molecule has 0 aliphatic rings. The van der Waals surface area contributed by atoms with Crippen molar-refractivity contribution in [2.75, 3.05) is 6.54 Å². The number of aryl methyl sites for hydroxylation is 1. The Hall–Kier alpha value is -3.52. The van der Waals surface area contributed by atoms with Gasteiger partial charge < -0.3 is 14.6 Å². The maximum Gasteiger partial charge on any atom is 0.345 e. The van der Waals surface area contributed by atoms with Gasteiger partial charge in [0, 0.05) is 25.5 Å². The number of para-hydroxylation sites is 1. The number of hydrogen-bond donors (Lipinski definition) is 1. The van der Waals surface area contributed by atoms with Crippen LogP contribution in [0.4, 0.5) is 0 Å². The minimum atomic E-state index is 0.330. The van der Waals surface area contributed by atoms with Crippen LogP contribution in [0.2, 0.25) is 0 Å². The number of rotatable bonds is 9. The zero-order valence-corrected chi connectivity index (χ0v) is 15.3. The first-order valence-electron chi connectivity index (χ1n) is 9.15. The molecule has 2 heterocycles. The lowest BCUT2D eigenvalue weighted by Gasteiger charge is -2.08. The minimum Gasteiger partial charge on any atom is -0.423 e. The lowest BCUT2D eigenvalue weighted by Crippen LogP contribution is -2.16. The molecule has 0 radical (unpaired) electrons. The predicted octanol–water partition coefficient (Wildman–Crippen LogP) is 2.83. The minimum absolute atomic E-state index is 0.330. The van der Waals surface area contributed by atoms with Crippen molar-refractivity contribution in [3.8, 4) is 17.4 Å². The van der Waals surface area contributed by atoms with E-state index in [0.29, 0.717) is 11.8 Å². The smallest absolute Gasteiger partial charge is 0.345 e. The number of tetrazole rings is 1. The van der Waals surface area contributed by atoms with Gasteiger partial charge >= 0.3 is 6.01 Å². The predicted molar refractivity (Wildman–Crippen MR) is 104 cm³/mol. The van der Waals surface area contributed by atoms with Crippen LogP contribution in [0, 0.1) is 0 Å². The second-order valence-corrected chi connectivity index (χ2v) is 6.29. The first-order chi connectivity index (χ1) is 13.9. The SMILES string of the molecule is c1ccc(-n2nnnc2Oc2ccc(CNCCCn3ccnc3)cc2)cc1. The molecule has 8 nitrogen and oxygen atoms in total. The molecule has 0 aliphatic heterocycles. The zero-order chi connectivity index (χ0) is 19.0. The lowest BCUT2D eigenvalue weighted by atomic mass is 10.2. The summed E-state index contributed by atoms with van der Waals surface area (Å²) in [4.78, 5) is 4.04. The van der Waals surface area contributed by atoms with E-state index in [0.717, 1.165) is 31.7 Å². The number of nitrogens with zero attached hydrogens (tertiary/aromatic N) is 6. The molecule has 0 unspecified atom stereocenters. The summed E-state index contributed by atoms with van der Waals surface area (Å²) < 4.78 is 9.49. The highest BCUT2D eigenvalue weighted by atomic mass is 16.5. The first kappa shape index (κ1) is 17.9. The van der Waals surface area contributed by atoms with E-state index in [1.54, 1.807) is 10.9 Å². The molecule has 0 fully saturated rings. The van der Waals surface area contributed by atoms with Crippen LogP contribution in [0.3, 0.4) is 0 Å². The number of benzene rings is 2. The molecule has 4 rings (SSSR count). The van der Waals surface area contributed by atoms with Gasteiger partial charge in [-0.3, -0.25) is 0 Å². The van der Waals surface area contributed by atoms with Crippen molar-refractivity contribution >= 4 is 0 Å². The normalized spacial score (nSPS) is 10.9.